The molecule has 178 valence electrons. The van der Waals surface area contributed by atoms with Gasteiger partial charge in [-0.05, 0) is 36.0 Å². The second kappa shape index (κ2) is 14.6. The van der Waals surface area contributed by atoms with Crippen LogP contribution in [0.5, 0.6) is 0 Å². The quantitative estimate of drug-likeness (QED) is 0.350. The number of hydrogen-bond acceptors (Lipinski definition) is 5. The molecule has 0 aliphatic carbocycles. The molecule has 0 saturated carbocycles. The number of β-amino-alcohol motifs (C(OH)–C–C–N with tert-alkyl or cyclic N) is 1. The number of aliphatic hydroxyl groups is 1. The molecule has 2 aromatic rings. The van der Waals surface area contributed by atoms with Crippen LogP contribution in [0.2, 0.25) is 0 Å². The fraction of sp³-hybridized carbons (Fsp3) is 0.520. The fourth-order valence-corrected chi connectivity index (χ4v) is 3.43. The number of aliphatic hydroxyl groups excluding tert-OH is 1. The zero-order valence-electron chi connectivity index (χ0n) is 20.1. The van der Waals surface area contributed by atoms with Gasteiger partial charge >= 0.3 is 0 Å². The molecule has 3 rings (SSSR count). The summed E-state index contributed by atoms with van der Waals surface area (Å²) >= 11 is 0. The molecule has 1 aliphatic heterocycles. The molecule has 0 radical (unpaired) electrons. The minimum Gasteiger partial charge on any atom is -0.537 e. The topological polar surface area (TPSA) is 89.9 Å². The first-order chi connectivity index (χ1) is 15.3. The smallest absolute Gasteiger partial charge is 0.233 e. The minimum absolute atomic E-state index is 0. The van der Waals surface area contributed by atoms with Gasteiger partial charge in [0, 0.05) is 55.8 Å². The molecule has 2 atom stereocenters. The average molecular weight is 679 g/mol. The second-order valence-electron chi connectivity index (χ2n) is 8.55. The largest absolute Gasteiger partial charge is 0.537 e. The van der Waals surface area contributed by atoms with Crippen LogP contribution >= 0.6 is 0 Å². The van der Waals surface area contributed by atoms with E-state index in [-0.39, 0.29) is 54.8 Å². The molecule has 7 nitrogen and oxygen atoms in total. The Morgan fingerprint density at radius 2 is 2.00 bits per heavy atom. The van der Waals surface area contributed by atoms with Crippen LogP contribution in [0, 0.1) is 49.4 Å². The second-order valence-corrected chi connectivity index (χ2v) is 8.55. The maximum Gasteiger partial charge on any atom is 0.233 e. The SMILES string of the molecule is C#Cc1ccc(CO[N-]C)cc1.CC(C)c1cc(C(C(=O)N2CCC(O)C2)C(C)C)on1.[U]. The van der Waals surface area contributed by atoms with Gasteiger partial charge < -0.3 is 24.8 Å². The number of carbonyl (C=O) groups is 1. The summed E-state index contributed by atoms with van der Waals surface area (Å²) in [6.07, 6.45) is 5.46. The first-order valence-electron chi connectivity index (χ1n) is 11.0. The summed E-state index contributed by atoms with van der Waals surface area (Å²) in [5.74, 6) is 3.31. The van der Waals surface area contributed by atoms with Gasteiger partial charge in [0.1, 0.15) is 11.7 Å². The number of hydroxylamine groups is 1. The zero-order chi connectivity index (χ0) is 23.7. The van der Waals surface area contributed by atoms with E-state index in [1.807, 2.05) is 58.0 Å². The first kappa shape index (κ1) is 29.4. The van der Waals surface area contributed by atoms with E-state index >= 15 is 0 Å². The van der Waals surface area contributed by atoms with Crippen molar-refractivity contribution in [1.82, 2.24) is 10.1 Å². The number of carbonyl (C=O) groups excluding carboxylic acids is 1. The summed E-state index contributed by atoms with van der Waals surface area (Å²) in [5.41, 5.74) is 6.36. The van der Waals surface area contributed by atoms with Crippen molar-refractivity contribution in [2.24, 2.45) is 5.92 Å². The Hall–Kier alpha value is -1.61. The van der Waals surface area contributed by atoms with Crippen molar-refractivity contribution in [1.29, 1.82) is 0 Å². The van der Waals surface area contributed by atoms with E-state index in [2.05, 4.69) is 16.6 Å². The summed E-state index contributed by atoms with van der Waals surface area (Å²) in [4.78, 5) is 19.2. The predicted octanol–water partition coefficient (Wildman–Crippen LogP) is 4.23. The summed E-state index contributed by atoms with van der Waals surface area (Å²) < 4.78 is 5.40. The third-order valence-electron chi connectivity index (χ3n) is 5.33. The van der Waals surface area contributed by atoms with Crippen molar-refractivity contribution in [3.63, 3.8) is 0 Å². The van der Waals surface area contributed by atoms with Gasteiger partial charge in [0.25, 0.3) is 0 Å². The van der Waals surface area contributed by atoms with Gasteiger partial charge in [-0.25, -0.2) is 0 Å². The Bertz CT molecular complexity index is 890. The summed E-state index contributed by atoms with van der Waals surface area (Å²) in [7, 11) is 1.61. The van der Waals surface area contributed by atoms with E-state index in [9.17, 15) is 9.90 Å². The number of benzene rings is 1. The van der Waals surface area contributed by atoms with Gasteiger partial charge in [-0.2, -0.15) is 0 Å². The standard InChI is InChI=1S/C15H24N2O3.C10H10NO.U/c1-9(2)12-7-13(20-16-12)14(10(3)4)15(19)17-6-5-11(18)8-17;1-3-9-4-6-10(7-5-9)8-12-11-2;/h7,9-11,14,18H,5-6,8H2,1-4H3;1,4-7H,8H2,2H3;/q;-1;. The van der Waals surface area contributed by atoms with Gasteiger partial charge in [0.15, 0.2) is 0 Å². The van der Waals surface area contributed by atoms with Crippen molar-refractivity contribution < 1.29 is 50.4 Å². The average Bonchev–Trinajstić information content (AvgIpc) is 3.42. The van der Waals surface area contributed by atoms with E-state index in [0.29, 0.717) is 31.9 Å². The maximum absolute atomic E-state index is 12.6. The number of amides is 1. The van der Waals surface area contributed by atoms with Crippen LogP contribution in [-0.2, 0) is 16.2 Å². The molecule has 1 N–H and O–H groups in total. The number of hydrogen-bond donors (Lipinski definition) is 1. The van der Waals surface area contributed by atoms with Crippen LogP contribution in [0.25, 0.3) is 5.48 Å². The van der Waals surface area contributed by atoms with Gasteiger partial charge in [0.05, 0.1) is 18.4 Å². The van der Waals surface area contributed by atoms with E-state index in [1.54, 1.807) is 11.9 Å². The normalized spacial score (nSPS) is 16.1. The van der Waals surface area contributed by atoms with Gasteiger partial charge in [0.2, 0.25) is 5.91 Å². The number of rotatable bonds is 7. The Kier molecular flexibility index (Phi) is 13.0. The van der Waals surface area contributed by atoms with Crippen LogP contribution in [0.3, 0.4) is 0 Å². The molecule has 1 aromatic carbocycles. The molecule has 1 amide bonds. The van der Waals surface area contributed by atoms with E-state index in [1.165, 1.54) is 0 Å². The number of likely N-dealkylation sites (tertiary alicyclic amines) is 1. The molecule has 1 aromatic heterocycles. The molecule has 0 bridgehead atoms. The van der Waals surface area contributed by atoms with Crippen molar-refractivity contribution >= 4 is 5.91 Å². The number of terminal acetylenes is 1. The van der Waals surface area contributed by atoms with E-state index in [0.717, 1.165) is 16.8 Å². The van der Waals surface area contributed by atoms with E-state index in [4.69, 9.17) is 15.8 Å². The van der Waals surface area contributed by atoms with Crippen LogP contribution in [0.4, 0.5) is 0 Å². The molecule has 2 heterocycles. The number of aromatic nitrogens is 1. The fourth-order valence-electron chi connectivity index (χ4n) is 3.43. The first-order valence-corrected chi connectivity index (χ1v) is 11.0. The number of nitrogens with zero attached hydrogens (tertiary/aromatic N) is 3. The third-order valence-corrected chi connectivity index (χ3v) is 5.33. The van der Waals surface area contributed by atoms with Gasteiger partial charge in [-0.3, -0.25) is 4.79 Å². The van der Waals surface area contributed by atoms with Crippen LogP contribution in [0.15, 0.2) is 34.9 Å². The van der Waals surface area contributed by atoms with E-state index < -0.39 is 6.10 Å². The Morgan fingerprint density at radius 1 is 1.33 bits per heavy atom. The molecule has 33 heavy (non-hydrogen) atoms. The minimum atomic E-state index is -0.396. The monoisotopic (exact) mass is 678 g/mol. The summed E-state index contributed by atoms with van der Waals surface area (Å²) in [5, 5.41) is 13.6. The third kappa shape index (κ3) is 8.93. The zero-order valence-corrected chi connectivity index (χ0v) is 24.3. The van der Waals surface area contributed by atoms with Crippen molar-refractivity contribution in [3.8, 4) is 12.3 Å². The Balaban J connectivity index is 0.000000361. The summed E-state index contributed by atoms with van der Waals surface area (Å²) in [6.45, 7) is 9.65. The van der Waals surface area contributed by atoms with Crippen molar-refractivity contribution in [3.05, 3.63) is 58.4 Å². The molecule has 1 saturated heterocycles. The van der Waals surface area contributed by atoms with Crippen molar-refractivity contribution in [2.75, 3.05) is 20.1 Å². The van der Waals surface area contributed by atoms with Gasteiger partial charge in [-0.15, -0.1) is 13.5 Å². The van der Waals surface area contributed by atoms with Crippen molar-refractivity contribution in [2.45, 2.75) is 58.7 Å². The summed E-state index contributed by atoms with van der Waals surface area (Å²) in [6, 6.07) is 9.52. The molecular weight excluding hydrogens is 644 g/mol. The molecule has 1 aliphatic rings. The Morgan fingerprint density at radius 3 is 2.45 bits per heavy atom. The Labute approximate surface area is 221 Å². The molecule has 0 spiro atoms. The van der Waals surface area contributed by atoms with Crippen LogP contribution in [0.1, 0.15) is 68.5 Å². The maximum atomic E-state index is 12.6. The molecule has 1 fully saturated rings. The molecule has 2 unspecified atom stereocenters. The molecule has 8 heteroatoms. The van der Waals surface area contributed by atoms with Crippen LogP contribution < -0.4 is 0 Å². The van der Waals surface area contributed by atoms with Crippen LogP contribution in [-0.4, -0.2) is 47.3 Å². The predicted molar refractivity (Wildman–Crippen MR) is 124 cm³/mol. The molecular formula is C25H34N3O4U-. The van der Waals surface area contributed by atoms with Gasteiger partial charge in [-0.1, -0.05) is 50.9 Å².